The van der Waals surface area contributed by atoms with Crippen molar-refractivity contribution in [1.29, 1.82) is 0 Å². The number of hydrogen-bond donors (Lipinski definition) is 2. The molecule has 10 heteroatoms. The highest BCUT2D eigenvalue weighted by atomic mass is 127. The number of guanidine groups is 1. The third-order valence-electron chi connectivity index (χ3n) is 5.20. The summed E-state index contributed by atoms with van der Waals surface area (Å²) < 4.78 is 43.0. The number of hydrogen-bond acceptors (Lipinski definition) is 4. The summed E-state index contributed by atoms with van der Waals surface area (Å²) in [5.74, 6) is 0.645. The minimum atomic E-state index is -4.14. The summed E-state index contributed by atoms with van der Waals surface area (Å²) in [5.41, 5.74) is 0.00780. The summed E-state index contributed by atoms with van der Waals surface area (Å²) >= 11 is 0. The Morgan fingerprint density at radius 2 is 1.96 bits per heavy atom. The van der Waals surface area contributed by atoms with Crippen LogP contribution in [0.4, 0.5) is 13.2 Å². The van der Waals surface area contributed by atoms with Crippen LogP contribution in [0.25, 0.3) is 0 Å². The molecule has 0 bridgehead atoms. The van der Waals surface area contributed by atoms with Gasteiger partial charge < -0.3 is 20.3 Å². The maximum absolute atomic E-state index is 12.5. The number of aliphatic imine (C=N–C) groups is 1. The lowest BCUT2D eigenvalue weighted by molar-refractivity contribution is -0.143. The van der Waals surface area contributed by atoms with E-state index in [9.17, 15) is 13.2 Å². The molecule has 0 spiro atoms. The molecule has 154 valence electrons. The highest BCUT2D eigenvalue weighted by Crippen LogP contribution is 2.25. The smallest absolute Gasteiger partial charge is 0.381 e. The Morgan fingerprint density at radius 3 is 2.50 bits per heavy atom. The highest BCUT2D eigenvalue weighted by molar-refractivity contribution is 14.0. The van der Waals surface area contributed by atoms with E-state index in [4.69, 9.17) is 4.74 Å². The summed E-state index contributed by atoms with van der Waals surface area (Å²) in [6.07, 6.45) is -1.58. The lowest BCUT2D eigenvalue weighted by Crippen LogP contribution is -2.57. The molecule has 2 fully saturated rings. The van der Waals surface area contributed by atoms with E-state index in [1.807, 2.05) is 0 Å². The van der Waals surface area contributed by atoms with Gasteiger partial charge in [-0.05, 0) is 33.4 Å². The minimum Gasteiger partial charge on any atom is -0.381 e. The van der Waals surface area contributed by atoms with Gasteiger partial charge in [-0.15, -0.1) is 24.0 Å². The number of nitrogens with one attached hydrogen (secondary N) is 2. The molecule has 26 heavy (non-hydrogen) atoms. The topological polar surface area (TPSA) is 52.1 Å². The van der Waals surface area contributed by atoms with Gasteiger partial charge in [0.15, 0.2) is 5.96 Å². The van der Waals surface area contributed by atoms with E-state index in [1.54, 1.807) is 7.05 Å². The van der Waals surface area contributed by atoms with E-state index in [2.05, 4.69) is 34.6 Å². The first-order chi connectivity index (χ1) is 11.7. The molecule has 0 aromatic carbocycles. The predicted octanol–water partition coefficient (Wildman–Crippen LogP) is 1.52. The zero-order valence-electron chi connectivity index (χ0n) is 15.7. The average molecular weight is 493 g/mol. The first kappa shape index (κ1) is 23.7. The molecule has 0 aliphatic carbocycles. The van der Waals surface area contributed by atoms with Crippen LogP contribution < -0.4 is 10.6 Å². The van der Waals surface area contributed by atoms with Gasteiger partial charge >= 0.3 is 6.18 Å². The molecule has 0 amide bonds. The van der Waals surface area contributed by atoms with E-state index in [0.717, 1.165) is 32.6 Å². The number of rotatable bonds is 5. The zero-order chi connectivity index (χ0) is 18.5. The fourth-order valence-electron chi connectivity index (χ4n) is 3.52. The van der Waals surface area contributed by atoms with Gasteiger partial charge in [-0.2, -0.15) is 13.2 Å². The van der Waals surface area contributed by atoms with E-state index in [-0.39, 0.29) is 35.6 Å². The molecular weight excluding hydrogens is 462 g/mol. The van der Waals surface area contributed by atoms with E-state index < -0.39 is 12.7 Å². The van der Waals surface area contributed by atoms with Crippen molar-refractivity contribution in [2.45, 2.75) is 37.0 Å². The molecule has 6 nitrogen and oxygen atoms in total. The maximum atomic E-state index is 12.5. The number of nitrogens with zero attached hydrogens (tertiary/aromatic N) is 3. The molecule has 2 aliphatic heterocycles. The van der Waals surface area contributed by atoms with Crippen molar-refractivity contribution in [2.24, 2.45) is 4.99 Å². The number of likely N-dealkylation sites (tertiary alicyclic amines) is 1. The second kappa shape index (κ2) is 10.3. The summed E-state index contributed by atoms with van der Waals surface area (Å²) in [7, 11) is 5.81. The van der Waals surface area contributed by atoms with Gasteiger partial charge in [0.2, 0.25) is 0 Å². The Hall–Kier alpha value is -0.330. The maximum Gasteiger partial charge on any atom is 0.401 e. The van der Waals surface area contributed by atoms with Crippen molar-refractivity contribution in [1.82, 2.24) is 20.4 Å². The molecule has 2 aliphatic rings. The standard InChI is InChI=1S/C16H30F3N5O.HI/c1-20-14(21-11-15(23(2)3)5-8-25-9-6-15)22-13-4-7-24(10-13)12-16(17,18)19;/h13H,4-12H2,1-3H3,(H2,20,21,22);1H. The van der Waals surface area contributed by atoms with Crippen LogP contribution >= 0.6 is 24.0 Å². The second-order valence-corrected chi connectivity index (χ2v) is 7.14. The van der Waals surface area contributed by atoms with Gasteiger partial charge in [-0.25, -0.2) is 0 Å². The first-order valence-corrected chi connectivity index (χ1v) is 8.75. The molecule has 0 aromatic heterocycles. The van der Waals surface area contributed by atoms with Crippen LogP contribution in [0.3, 0.4) is 0 Å². The largest absolute Gasteiger partial charge is 0.401 e. The van der Waals surface area contributed by atoms with Crippen LogP contribution in [-0.2, 0) is 4.74 Å². The number of likely N-dealkylation sites (N-methyl/N-ethyl adjacent to an activating group) is 1. The first-order valence-electron chi connectivity index (χ1n) is 8.75. The van der Waals surface area contributed by atoms with Crippen molar-refractivity contribution < 1.29 is 17.9 Å². The Kier molecular flexibility index (Phi) is 9.37. The Bertz CT molecular complexity index is 456. The van der Waals surface area contributed by atoms with Gasteiger partial charge in [-0.1, -0.05) is 0 Å². The van der Waals surface area contributed by atoms with Gasteiger partial charge in [0.05, 0.1) is 6.54 Å². The van der Waals surface area contributed by atoms with E-state index >= 15 is 0 Å². The molecule has 0 radical (unpaired) electrons. The molecule has 0 aromatic rings. The normalized spacial score (nSPS) is 24.4. The molecule has 1 atom stereocenters. The number of alkyl halides is 3. The summed E-state index contributed by atoms with van der Waals surface area (Å²) in [6.45, 7) is 2.19. The van der Waals surface area contributed by atoms with Crippen molar-refractivity contribution >= 4 is 29.9 Å². The van der Waals surface area contributed by atoms with Crippen molar-refractivity contribution in [3.63, 3.8) is 0 Å². The molecular formula is C16H31F3IN5O. The SMILES string of the molecule is CN=C(NCC1(N(C)C)CCOCC1)NC1CCN(CC(F)(F)F)C1.I. The fourth-order valence-corrected chi connectivity index (χ4v) is 3.52. The second-order valence-electron chi connectivity index (χ2n) is 7.14. The van der Waals surface area contributed by atoms with Gasteiger partial charge in [0, 0.05) is 51.5 Å². The third-order valence-corrected chi connectivity index (χ3v) is 5.20. The van der Waals surface area contributed by atoms with E-state index in [1.165, 1.54) is 4.90 Å². The van der Waals surface area contributed by atoms with Crippen molar-refractivity contribution in [2.75, 3.05) is 60.5 Å². The summed E-state index contributed by atoms with van der Waals surface area (Å²) in [4.78, 5) is 7.88. The molecule has 2 N–H and O–H groups in total. The Morgan fingerprint density at radius 1 is 1.31 bits per heavy atom. The van der Waals surface area contributed by atoms with Crippen LogP contribution in [0.15, 0.2) is 4.99 Å². The lowest BCUT2D eigenvalue weighted by atomic mass is 9.88. The van der Waals surface area contributed by atoms with Crippen LogP contribution in [-0.4, -0.2) is 94.1 Å². The van der Waals surface area contributed by atoms with Gasteiger partial charge in [0.25, 0.3) is 0 Å². The Labute approximate surface area is 170 Å². The molecule has 0 saturated carbocycles. The lowest BCUT2D eigenvalue weighted by Gasteiger charge is -2.43. The van der Waals surface area contributed by atoms with Crippen LogP contribution in [0.5, 0.6) is 0 Å². The van der Waals surface area contributed by atoms with Gasteiger partial charge in [-0.3, -0.25) is 9.89 Å². The minimum absolute atomic E-state index is 0. The summed E-state index contributed by atoms with van der Waals surface area (Å²) in [6, 6.07) is -0.0152. The quantitative estimate of drug-likeness (QED) is 0.346. The number of halogens is 4. The van der Waals surface area contributed by atoms with E-state index in [0.29, 0.717) is 25.5 Å². The fraction of sp³-hybridized carbons (Fsp3) is 0.938. The van der Waals surface area contributed by atoms with Crippen LogP contribution in [0.2, 0.25) is 0 Å². The Balaban J connectivity index is 0.00000338. The zero-order valence-corrected chi connectivity index (χ0v) is 18.1. The molecule has 1 unspecified atom stereocenters. The van der Waals surface area contributed by atoms with Crippen LogP contribution in [0, 0.1) is 0 Å². The molecule has 2 rings (SSSR count). The predicted molar refractivity (Wildman–Crippen MR) is 107 cm³/mol. The molecule has 2 heterocycles. The average Bonchev–Trinajstić information content (AvgIpc) is 2.97. The van der Waals surface area contributed by atoms with Crippen molar-refractivity contribution in [3.8, 4) is 0 Å². The van der Waals surface area contributed by atoms with Crippen molar-refractivity contribution in [3.05, 3.63) is 0 Å². The summed E-state index contributed by atoms with van der Waals surface area (Å²) in [5, 5.41) is 6.61. The third kappa shape index (κ3) is 7.01. The highest BCUT2D eigenvalue weighted by Gasteiger charge is 2.36. The number of ether oxygens (including phenoxy) is 1. The van der Waals surface area contributed by atoms with Gasteiger partial charge in [0.1, 0.15) is 0 Å². The molecule has 2 saturated heterocycles. The van der Waals surface area contributed by atoms with Crippen LogP contribution in [0.1, 0.15) is 19.3 Å². The monoisotopic (exact) mass is 493 g/mol.